The summed E-state index contributed by atoms with van der Waals surface area (Å²) in [5.41, 5.74) is 0.752. The molecule has 0 saturated carbocycles. The number of aryl methyl sites for hydroxylation is 1. The normalized spacial score (nSPS) is 18.9. The van der Waals surface area contributed by atoms with Gasteiger partial charge >= 0.3 is 5.69 Å². The zero-order chi connectivity index (χ0) is 28.3. The SMILES string of the molecule is COc1ccc(C(O[C@H]2C[C@H](n3cc(C)c(=O)[nH]c3=O)O[C@@H]2CO)(c2ccccc2)c2ccc(OC)cc2)cc1. The van der Waals surface area contributed by atoms with E-state index in [1.54, 1.807) is 21.1 Å². The third-order valence-corrected chi connectivity index (χ3v) is 7.32. The van der Waals surface area contributed by atoms with E-state index in [0.717, 1.165) is 16.7 Å². The van der Waals surface area contributed by atoms with Crippen molar-refractivity contribution in [2.75, 3.05) is 20.8 Å². The number of aromatic amines is 1. The summed E-state index contributed by atoms with van der Waals surface area (Å²) in [6.45, 7) is 1.30. The number of hydrogen-bond acceptors (Lipinski definition) is 7. The highest BCUT2D eigenvalue weighted by Gasteiger charge is 2.46. The Morgan fingerprint density at radius 2 is 1.45 bits per heavy atom. The Balaban J connectivity index is 1.65. The van der Waals surface area contributed by atoms with Crippen molar-refractivity contribution in [1.29, 1.82) is 0 Å². The summed E-state index contributed by atoms with van der Waals surface area (Å²) in [6.07, 6.45) is -0.370. The molecule has 1 fully saturated rings. The standard InChI is InChI=1S/C31H32N2O7/c1-20-18-33(30(36)32-29(20)35)28-17-26(27(19-34)39-28)40-31(21-7-5-4-6-8-21,22-9-13-24(37-2)14-10-22)23-11-15-25(38-3)16-12-23/h4-16,18,26-28,34H,17,19H2,1-3H3,(H,32,35,36)/t26-,27+,28+/m0/s1. The number of ether oxygens (including phenoxy) is 4. The molecule has 0 radical (unpaired) electrons. The van der Waals surface area contributed by atoms with Gasteiger partial charge in [0, 0.05) is 18.2 Å². The van der Waals surface area contributed by atoms with Crippen LogP contribution < -0.4 is 20.7 Å². The van der Waals surface area contributed by atoms with Gasteiger partial charge in [-0.15, -0.1) is 0 Å². The average molecular weight is 545 g/mol. The zero-order valence-corrected chi connectivity index (χ0v) is 22.6. The summed E-state index contributed by atoms with van der Waals surface area (Å²) < 4.78 is 25.4. The number of aliphatic hydroxyl groups excluding tert-OH is 1. The van der Waals surface area contributed by atoms with E-state index >= 15 is 0 Å². The molecule has 3 atom stereocenters. The molecule has 4 aromatic rings. The Bertz CT molecular complexity index is 1500. The van der Waals surface area contributed by atoms with Crippen LogP contribution in [0.25, 0.3) is 0 Å². The van der Waals surface area contributed by atoms with Crippen LogP contribution in [0.4, 0.5) is 0 Å². The van der Waals surface area contributed by atoms with Crippen LogP contribution in [0, 0.1) is 6.92 Å². The van der Waals surface area contributed by atoms with E-state index in [1.165, 1.54) is 10.8 Å². The van der Waals surface area contributed by atoms with Crippen molar-refractivity contribution in [3.05, 3.63) is 128 Å². The Morgan fingerprint density at radius 3 is 1.98 bits per heavy atom. The highest BCUT2D eigenvalue weighted by molar-refractivity contribution is 5.50. The molecule has 0 spiro atoms. The van der Waals surface area contributed by atoms with Crippen LogP contribution in [0.1, 0.15) is 34.9 Å². The lowest BCUT2D eigenvalue weighted by atomic mass is 9.79. The van der Waals surface area contributed by atoms with Gasteiger partial charge in [0.15, 0.2) is 0 Å². The fraction of sp³-hybridized carbons (Fsp3) is 0.290. The molecule has 2 N–H and O–H groups in total. The molecule has 0 unspecified atom stereocenters. The first kappa shape index (κ1) is 27.4. The number of H-pyrrole nitrogens is 1. The number of nitrogens with zero attached hydrogens (tertiary/aromatic N) is 1. The van der Waals surface area contributed by atoms with E-state index in [-0.39, 0.29) is 13.0 Å². The number of benzene rings is 3. The van der Waals surface area contributed by atoms with Crippen molar-refractivity contribution in [2.45, 2.75) is 37.4 Å². The smallest absolute Gasteiger partial charge is 0.330 e. The maximum absolute atomic E-state index is 12.7. The fourth-order valence-corrected chi connectivity index (χ4v) is 5.21. The summed E-state index contributed by atoms with van der Waals surface area (Å²) >= 11 is 0. The first-order chi connectivity index (χ1) is 19.4. The van der Waals surface area contributed by atoms with Crippen LogP contribution in [0.2, 0.25) is 0 Å². The molecule has 9 nitrogen and oxygen atoms in total. The molecule has 0 bridgehead atoms. The van der Waals surface area contributed by atoms with Gasteiger partial charge in [-0.1, -0.05) is 54.6 Å². The minimum Gasteiger partial charge on any atom is -0.497 e. The summed E-state index contributed by atoms with van der Waals surface area (Å²) in [6, 6.07) is 25.1. The number of aromatic nitrogens is 2. The van der Waals surface area contributed by atoms with Crippen molar-refractivity contribution in [1.82, 2.24) is 9.55 Å². The molecule has 208 valence electrons. The second-order valence-corrected chi connectivity index (χ2v) is 9.69. The molecule has 1 aliphatic rings. The van der Waals surface area contributed by atoms with E-state index in [2.05, 4.69) is 4.98 Å². The molecule has 0 aliphatic carbocycles. The van der Waals surface area contributed by atoms with Crippen LogP contribution in [0.3, 0.4) is 0 Å². The van der Waals surface area contributed by atoms with Crippen molar-refractivity contribution in [2.24, 2.45) is 0 Å². The number of methoxy groups -OCH3 is 2. The molecule has 40 heavy (non-hydrogen) atoms. The highest BCUT2D eigenvalue weighted by Crippen LogP contribution is 2.45. The van der Waals surface area contributed by atoms with Crippen molar-refractivity contribution >= 4 is 0 Å². The Kier molecular flexibility index (Phi) is 7.88. The summed E-state index contributed by atoms with van der Waals surface area (Å²) in [7, 11) is 3.23. The van der Waals surface area contributed by atoms with Crippen molar-refractivity contribution in [3.63, 3.8) is 0 Å². The lowest BCUT2D eigenvalue weighted by molar-refractivity contribution is -0.0994. The molecular weight excluding hydrogens is 512 g/mol. The Morgan fingerprint density at radius 1 is 0.900 bits per heavy atom. The van der Waals surface area contributed by atoms with Crippen LogP contribution in [0.15, 0.2) is 94.6 Å². The third-order valence-electron chi connectivity index (χ3n) is 7.32. The molecule has 1 aromatic heterocycles. The minimum atomic E-state index is -1.12. The van der Waals surface area contributed by atoms with Crippen LogP contribution in [-0.2, 0) is 15.1 Å². The van der Waals surface area contributed by atoms with Gasteiger partial charge in [-0.3, -0.25) is 14.3 Å². The predicted octanol–water partition coefficient (Wildman–Crippen LogP) is 3.52. The van der Waals surface area contributed by atoms with Gasteiger partial charge in [-0.05, 0) is 47.9 Å². The van der Waals surface area contributed by atoms with E-state index in [0.29, 0.717) is 17.1 Å². The molecular formula is C31H32N2O7. The summed E-state index contributed by atoms with van der Waals surface area (Å²) in [5.74, 6) is 1.40. The maximum Gasteiger partial charge on any atom is 0.330 e. The summed E-state index contributed by atoms with van der Waals surface area (Å²) in [5, 5.41) is 10.3. The lowest BCUT2D eigenvalue weighted by Gasteiger charge is -2.39. The Hall–Kier alpha value is -4.18. The highest BCUT2D eigenvalue weighted by atomic mass is 16.6. The second-order valence-electron chi connectivity index (χ2n) is 9.69. The monoisotopic (exact) mass is 544 g/mol. The number of nitrogens with one attached hydrogen (secondary N) is 1. The van der Waals surface area contributed by atoms with Crippen LogP contribution >= 0.6 is 0 Å². The van der Waals surface area contributed by atoms with Gasteiger partial charge in [0.05, 0.1) is 26.9 Å². The first-order valence-corrected chi connectivity index (χ1v) is 13.0. The Labute approximate surface area is 231 Å². The van der Waals surface area contributed by atoms with Gasteiger partial charge in [0.1, 0.15) is 29.4 Å². The molecule has 3 aromatic carbocycles. The molecule has 1 saturated heterocycles. The summed E-state index contributed by atoms with van der Waals surface area (Å²) in [4.78, 5) is 26.9. The third kappa shape index (κ3) is 5.06. The van der Waals surface area contributed by atoms with Gasteiger partial charge in [0.25, 0.3) is 5.56 Å². The molecule has 0 amide bonds. The van der Waals surface area contributed by atoms with E-state index in [9.17, 15) is 14.7 Å². The molecule has 5 rings (SSSR count). The average Bonchev–Trinajstić information content (AvgIpc) is 3.40. The van der Waals surface area contributed by atoms with E-state index in [1.807, 2.05) is 78.9 Å². The van der Waals surface area contributed by atoms with Crippen LogP contribution in [-0.4, -0.2) is 47.7 Å². The van der Waals surface area contributed by atoms with Crippen molar-refractivity contribution < 1.29 is 24.1 Å². The van der Waals surface area contributed by atoms with E-state index < -0.39 is 35.3 Å². The number of rotatable bonds is 9. The van der Waals surface area contributed by atoms with Gasteiger partial charge < -0.3 is 24.1 Å². The molecule has 1 aliphatic heterocycles. The predicted molar refractivity (Wildman–Crippen MR) is 149 cm³/mol. The minimum absolute atomic E-state index is 0.261. The van der Waals surface area contributed by atoms with Gasteiger partial charge in [-0.25, -0.2) is 4.79 Å². The van der Waals surface area contributed by atoms with Gasteiger partial charge in [0.2, 0.25) is 0 Å². The fourth-order valence-electron chi connectivity index (χ4n) is 5.21. The quantitative estimate of drug-likeness (QED) is 0.310. The topological polar surface area (TPSA) is 112 Å². The lowest BCUT2D eigenvalue weighted by Crippen LogP contribution is -2.40. The zero-order valence-electron chi connectivity index (χ0n) is 22.6. The van der Waals surface area contributed by atoms with Crippen molar-refractivity contribution in [3.8, 4) is 11.5 Å². The number of aliphatic hydroxyl groups is 1. The van der Waals surface area contributed by atoms with E-state index in [4.69, 9.17) is 18.9 Å². The molecule has 9 heteroatoms. The second kappa shape index (κ2) is 11.5. The van der Waals surface area contributed by atoms with Crippen LogP contribution in [0.5, 0.6) is 11.5 Å². The first-order valence-electron chi connectivity index (χ1n) is 13.0. The maximum atomic E-state index is 12.7. The number of hydrogen-bond donors (Lipinski definition) is 2. The molecule has 2 heterocycles. The van der Waals surface area contributed by atoms with Gasteiger partial charge in [-0.2, -0.15) is 0 Å². The largest absolute Gasteiger partial charge is 0.497 e.